The summed E-state index contributed by atoms with van der Waals surface area (Å²) in [7, 11) is 0. The summed E-state index contributed by atoms with van der Waals surface area (Å²) in [5, 5.41) is 8.91. The lowest BCUT2D eigenvalue weighted by atomic mass is 10.1. The molecule has 0 unspecified atom stereocenters. The molecule has 0 rings (SSSR count). The molecule has 0 saturated carbocycles. The third-order valence-electron chi connectivity index (χ3n) is 2.55. The van der Waals surface area contributed by atoms with Crippen LogP contribution in [0.5, 0.6) is 0 Å². The smallest absolute Gasteiger partial charge is 0.321 e. The van der Waals surface area contributed by atoms with Crippen molar-refractivity contribution in [2.75, 3.05) is 19.0 Å². The zero-order valence-electron chi connectivity index (χ0n) is 11.6. The minimum absolute atomic E-state index is 0.218. The summed E-state index contributed by atoms with van der Waals surface area (Å²) >= 11 is 1.53. The van der Waals surface area contributed by atoms with Crippen molar-refractivity contribution in [3.05, 3.63) is 0 Å². The molecular formula is C12H25NO4S. The molecule has 5 nitrogen and oxygen atoms in total. The Balaban J connectivity index is 4.10. The highest BCUT2D eigenvalue weighted by Gasteiger charge is 2.32. The molecule has 0 aromatic carbocycles. The highest BCUT2D eigenvalue weighted by atomic mass is 32.2. The molecule has 0 saturated heterocycles. The third-order valence-corrected chi connectivity index (χ3v) is 3.99. The van der Waals surface area contributed by atoms with Gasteiger partial charge in [0.1, 0.15) is 6.04 Å². The Morgan fingerprint density at radius 2 is 1.83 bits per heavy atom. The van der Waals surface area contributed by atoms with Gasteiger partial charge in [-0.2, -0.15) is 11.8 Å². The zero-order chi connectivity index (χ0) is 14.2. The van der Waals surface area contributed by atoms with E-state index >= 15 is 0 Å². The number of carbonyl (C=O) groups is 1. The van der Waals surface area contributed by atoms with E-state index in [1.807, 2.05) is 27.7 Å². The molecule has 0 bridgehead atoms. The Morgan fingerprint density at radius 1 is 1.33 bits per heavy atom. The lowest BCUT2D eigenvalue weighted by Gasteiger charge is -2.28. The van der Waals surface area contributed by atoms with Crippen LogP contribution in [0.1, 0.15) is 34.1 Å². The lowest BCUT2D eigenvalue weighted by molar-refractivity contribution is -0.139. The van der Waals surface area contributed by atoms with Gasteiger partial charge in [-0.3, -0.25) is 4.79 Å². The van der Waals surface area contributed by atoms with Gasteiger partial charge in [-0.05, 0) is 33.4 Å². The summed E-state index contributed by atoms with van der Waals surface area (Å²) in [4.78, 5) is 10.9. The van der Waals surface area contributed by atoms with Crippen LogP contribution in [0.25, 0.3) is 0 Å². The van der Waals surface area contributed by atoms with Crippen LogP contribution >= 0.6 is 11.8 Å². The first-order valence-electron chi connectivity index (χ1n) is 6.20. The minimum Gasteiger partial charge on any atom is -0.480 e. The van der Waals surface area contributed by atoms with Gasteiger partial charge < -0.3 is 20.3 Å². The van der Waals surface area contributed by atoms with Crippen LogP contribution in [0, 0.1) is 0 Å². The van der Waals surface area contributed by atoms with Gasteiger partial charge in [0, 0.05) is 24.4 Å². The third kappa shape index (κ3) is 6.58. The molecule has 0 radical (unpaired) electrons. The molecule has 18 heavy (non-hydrogen) atoms. The topological polar surface area (TPSA) is 81.8 Å². The summed E-state index contributed by atoms with van der Waals surface area (Å²) in [6.07, 6.45) is 0.506. The Labute approximate surface area is 113 Å². The van der Waals surface area contributed by atoms with Crippen molar-refractivity contribution in [2.24, 2.45) is 5.73 Å². The monoisotopic (exact) mass is 279 g/mol. The summed E-state index contributed by atoms with van der Waals surface area (Å²) in [6.45, 7) is 8.73. The highest BCUT2D eigenvalue weighted by Crippen LogP contribution is 2.28. The SMILES string of the molecule is CCOC(CCSC(C)(C)[C@H](N)C(=O)O)OCC. The Bertz CT molecular complexity index is 242. The lowest BCUT2D eigenvalue weighted by Crippen LogP contribution is -2.47. The Hall–Kier alpha value is -0.300. The number of hydrogen-bond acceptors (Lipinski definition) is 5. The fourth-order valence-electron chi connectivity index (χ4n) is 1.39. The van der Waals surface area contributed by atoms with Crippen LogP contribution in [0.2, 0.25) is 0 Å². The van der Waals surface area contributed by atoms with Crippen molar-refractivity contribution in [1.82, 2.24) is 0 Å². The minimum atomic E-state index is -0.973. The van der Waals surface area contributed by atoms with Gasteiger partial charge in [-0.1, -0.05) is 0 Å². The summed E-state index contributed by atoms with van der Waals surface area (Å²) in [5.74, 6) is -0.225. The number of carboxylic acids is 1. The average molecular weight is 279 g/mol. The van der Waals surface area contributed by atoms with E-state index in [1.54, 1.807) is 0 Å². The average Bonchev–Trinajstić information content (AvgIpc) is 2.28. The summed E-state index contributed by atoms with van der Waals surface area (Å²) in [5.41, 5.74) is 5.65. The van der Waals surface area contributed by atoms with Crippen molar-refractivity contribution in [3.63, 3.8) is 0 Å². The number of ether oxygens (including phenoxy) is 2. The van der Waals surface area contributed by atoms with E-state index in [1.165, 1.54) is 11.8 Å². The number of thioether (sulfide) groups is 1. The first-order valence-corrected chi connectivity index (χ1v) is 7.19. The number of rotatable bonds is 10. The summed E-state index contributed by atoms with van der Waals surface area (Å²) < 4.78 is 10.3. The van der Waals surface area contributed by atoms with Crippen molar-refractivity contribution < 1.29 is 19.4 Å². The fraction of sp³-hybridized carbons (Fsp3) is 0.917. The molecule has 0 amide bonds. The molecule has 3 N–H and O–H groups in total. The second kappa shape index (κ2) is 8.74. The van der Waals surface area contributed by atoms with Crippen LogP contribution in [0.4, 0.5) is 0 Å². The predicted molar refractivity (Wildman–Crippen MR) is 73.8 cm³/mol. The molecule has 0 spiro atoms. The number of aliphatic carboxylic acids is 1. The van der Waals surface area contributed by atoms with Crippen molar-refractivity contribution >= 4 is 17.7 Å². The molecule has 0 aliphatic rings. The Kier molecular flexibility index (Phi) is 8.60. The highest BCUT2D eigenvalue weighted by molar-refractivity contribution is 8.00. The van der Waals surface area contributed by atoms with Gasteiger partial charge in [0.15, 0.2) is 6.29 Å². The van der Waals surface area contributed by atoms with E-state index in [2.05, 4.69) is 0 Å². The van der Waals surface area contributed by atoms with E-state index < -0.39 is 16.8 Å². The molecule has 1 atom stereocenters. The van der Waals surface area contributed by atoms with Crippen molar-refractivity contribution in [2.45, 2.75) is 51.2 Å². The molecule has 6 heteroatoms. The molecular weight excluding hydrogens is 254 g/mol. The van der Waals surface area contributed by atoms with Crippen LogP contribution in [0.15, 0.2) is 0 Å². The quantitative estimate of drug-likeness (QED) is 0.592. The van der Waals surface area contributed by atoms with E-state index in [0.29, 0.717) is 13.2 Å². The largest absolute Gasteiger partial charge is 0.480 e. The van der Waals surface area contributed by atoms with Gasteiger partial charge in [-0.25, -0.2) is 0 Å². The van der Waals surface area contributed by atoms with Crippen LogP contribution in [0.3, 0.4) is 0 Å². The second-order valence-electron chi connectivity index (χ2n) is 4.40. The maximum atomic E-state index is 10.9. The maximum Gasteiger partial charge on any atom is 0.321 e. The van der Waals surface area contributed by atoms with Gasteiger partial charge in [0.2, 0.25) is 0 Å². The summed E-state index contributed by atoms with van der Waals surface area (Å²) in [6, 6.07) is -0.875. The molecule has 108 valence electrons. The predicted octanol–water partition coefficient (Wildman–Crippen LogP) is 1.70. The van der Waals surface area contributed by atoms with Gasteiger partial charge in [-0.15, -0.1) is 0 Å². The first-order chi connectivity index (χ1) is 8.35. The molecule has 0 aromatic heterocycles. The first kappa shape index (κ1) is 17.7. The molecule has 0 aliphatic heterocycles. The van der Waals surface area contributed by atoms with E-state index in [-0.39, 0.29) is 6.29 Å². The normalized spacial score (nSPS) is 13.9. The van der Waals surface area contributed by atoms with Gasteiger partial charge >= 0.3 is 5.97 Å². The molecule has 0 heterocycles. The molecule has 0 aliphatic carbocycles. The van der Waals surface area contributed by atoms with Gasteiger partial charge in [0.05, 0.1) is 0 Å². The van der Waals surface area contributed by atoms with Crippen molar-refractivity contribution in [1.29, 1.82) is 0 Å². The van der Waals surface area contributed by atoms with Gasteiger partial charge in [0.25, 0.3) is 0 Å². The number of carboxylic acid groups (broad SMARTS) is 1. The van der Waals surface area contributed by atoms with Crippen LogP contribution in [-0.4, -0.2) is 47.1 Å². The van der Waals surface area contributed by atoms with Crippen molar-refractivity contribution in [3.8, 4) is 0 Å². The van der Waals surface area contributed by atoms with E-state index in [0.717, 1.165) is 12.2 Å². The van der Waals surface area contributed by atoms with E-state index in [9.17, 15) is 4.79 Å². The number of hydrogen-bond donors (Lipinski definition) is 2. The maximum absolute atomic E-state index is 10.9. The second-order valence-corrected chi connectivity index (χ2v) is 6.15. The fourth-order valence-corrected chi connectivity index (χ4v) is 2.51. The molecule has 0 aromatic rings. The van der Waals surface area contributed by atoms with Crippen LogP contribution < -0.4 is 5.73 Å². The Morgan fingerprint density at radius 3 is 2.22 bits per heavy atom. The zero-order valence-corrected chi connectivity index (χ0v) is 12.5. The molecule has 0 fully saturated rings. The van der Waals surface area contributed by atoms with E-state index in [4.69, 9.17) is 20.3 Å². The van der Waals surface area contributed by atoms with Crippen LogP contribution in [-0.2, 0) is 14.3 Å². The number of nitrogens with two attached hydrogens (primary N) is 1. The standard InChI is InChI=1S/C12H25NO4S/c1-5-16-9(17-6-2)7-8-18-12(3,4)10(13)11(14)15/h9-10H,5-8,13H2,1-4H3,(H,14,15)/t10-/m1/s1.